The van der Waals surface area contributed by atoms with Crippen molar-refractivity contribution in [1.29, 1.82) is 0 Å². The van der Waals surface area contributed by atoms with Gasteiger partial charge in [-0.25, -0.2) is 0 Å². The van der Waals surface area contributed by atoms with E-state index in [0.29, 0.717) is 0 Å². The van der Waals surface area contributed by atoms with Crippen molar-refractivity contribution in [3.05, 3.63) is 24.3 Å². The first-order valence-electron chi connectivity index (χ1n) is 6.97. The normalized spacial score (nSPS) is 16.3. The summed E-state index contributed by atoms with van der Waals surface area (Å²) in [5.74, 6) is 2.14. The zero-order chi connectivity index (χ0) is 13.5. The fourth-order valence-corrected chi connectivity index (χ4v) is 3.67. The predicted molar refractivity (Wildman–Crippen MR) is 84.6 cm³/mol. The second-order valence-corrected chi connectivity index (χ2v) is 6.32. The van der Waals surface area contributed by atoms with Gasteiger partial charge in [-0.3, -0.25) is 0 Å². The van der Waals surface area contributed by atoms with Crippen molar-refractivity contribution in [1.82, 2.24) is 5.32 Å². The van der Waals surface area contributed by atoms with Gasteiger partial charge in [0.15, 0.2) is 0 Å². The van der Waals surface area contributed by atoms with Crippen LogP contribution in [0.2, 0.25) is 0 Å². The van der Waals surface area contributed by atoms with E-state index in [4.69, 9.17) is 4.74 Å². The molecule has 1 N–H and O–H groups in total. The molecular formula is C15H24N2OS. The van der Waals surface area contributed by atoms with Crippen molar-refractivity contribution in [3.8, 4) is 5.75 Å². The van der Waals surface area contributed by atoms with E-state index in [2.05, 4.69) is 41.2 Å². The second kappa shape index (κ2) is 7.65. The average molecular weight is 280 g/mol. The van der Waals surface area contributed by atoms with Crippen LogP contribution in [0.3, 0.4) is 0 Å². The maximum atomic E-state index is 5.41. The highest BCUT2D eigenvalue weighted by atomic mass is 32.2. The number of piperidine rings is 1. The van der Waals surface area contributed by atoms with Gasteiger partial charge in [-0.05, 0) is 38.1 Å². The van der Waals surface area contributed by atoms with Crippen LogP contribution < -0.4 is 15.0 Å². The van der Waals surface area contributed by atoms with Gasteiger partial charge in [-0.1, -0.05) is 12.1 Å². The summed E-state index contributed by atoms with van der Waals surface area (Å²) in [6.07, 6.45) is 2.62. The molecule has 1 saturated heterocycles. The van der Waals surface area contributed by atoms with Crippen molar-refractivity contribution in [2.75, 3.05) is 44.4 Å². The minimum atomic E-state index is 0.840. The molecule has 0 aromatic heterocycles. The summed E-state index contributed by atoms with van der Waals surface area (Å²) in [4.78, 5) is 2.28. The Morgan fingerprint density at radius 2 is 2.05 bits per heavy atom. The van der Waals surface area contributed by atoms with Crippen molar-refractivity contribution in [2.45, 2.75) is 18.1 Å². The van der Waals surface area contributed by atoms with E-state index in [1.807, 2.05) is 12.1 Å². The van der Waals surface area contributed by atoms with Crippen molar-refractivity contribution >= 4 is 17.4 Å². The molecule has 0 aliphatic carbocycles. The van der Waals surface area contributed by atoms with E-state index in [9.17, 15) is 0 Å². The predicted octanol–water partition coefficient (Wildman–Crippen LogP) is 2.62. The third-order valence-electron chi connectivity index (χ3n) is 3.56. The van der Waals surface area contributed by atoms with Crippen LogP contribution in [-0.2, 0) is 0 Å². The Morgan fingerprint density at radius 3 is 2.79 bits per heavy atom. The first kappa shape index (κ1) is 14.5. The molecule has 0 bridgehead atoms. The first-order chi connectivity index (χ1) is 9.31. The lowest BCUT2D eigenvalue weighted by Gasteiger charge is -2.25. The van der Waals surface area contributed by atoms with Gasteiger partial charge in [0, 0.05) is 24.6 Å². The molecule has 0 radical (unpaired) electrons. The number of nitrogens with zero attached hydrogens (tertiary/aromatic N) is 1. The molecule has 1 aromatic rings. The minimum Gasteiger partial charge on any atom is -0.495 e. The lowest BCUT2D eigenvalue weighted by atomic mass is 10.2. The Hall–Kier alpha value is -0.870. The summed E-state index contributed by atoms with van der Waals surface area (Å²) < 4.78 is 5.41. The third-order valence-corrected chi connectivity index (χ3v) is 4.92. The molecule has 0 saturated carbocycles. The summed E-state index contributed by atoms with van der Waals surface area (Å²) in [6.45, 7) is 3.43. The van der Waals surface area contributed by atoms with E-state index >= 15 is 0 Å². The Labute approximate surface area is 120 Å². The van der Waals surface area contributed by atoms with Gasteiger partial charge in [0.05, 0.1) is 12.8 Å². The zero-order valence-electron chi connectivity index (χ0n) is 11.9. The van der Waals surface area contributed by atoms with Crippen LogP contribution in [0.1, 0.15) is 12.8 Å². The fraction of sp³-hybridized carbons (Fsp3) is 0.600. The van der Waals surface area contributed by atoms with Gasteiger partial charge in [0.2, 0.25) is 0 Å². The third kappa shape index (κ3) is 4.32. The van der Waals surface area contributed by atoms with Gasteiger partial charge in [0.1, 0.15) is 5.75 Å². The summed E-state index contributed by atoms with van der Waals surface area (Å²) in [6, 6.07) is 8.22. The Morgan fingerprint density at radius 1 is 1.32 bits per heavy atom. The van der Waals surface area contributed by atoms with Crippen LogP contribution >= 0.6 is 11.8 Å². The maximum Gasteiger partial charge on any atom is 0.142 e. The molecule has 0 spiro atoms. The van der Waals surface area contributed by atoms with Crippen LogP contribution in [0.5, 0.6) is 5.75 Å². The molecule has 1 aliphatic heterocycles. The van der Waals surface area contributed by atoms with Crippen LogP contribution in [-0.4, -0.2) is 44.8 Å². The van der Waals surface area contributed by atoms with Gasteiger partial charge in [-0.15, -0.1) is 0 Å². The first-order valence-corrected chi connectivity index (χ1v) is 8.02. The summed E-state index contributed by atoms with van der Waals surface area (Å²) >= 11 is 2.11. The van der Waals surface area contributed by atoms with E-state index in [0.717, 1.165) is 17.5 Å². The van der Waals surface area contributed by atoms with E-state index in [-0.39, 0.29) is 0 Å². The van der Waals surface area contributed by atoms with Gasteiger partial charge >= 0.3 is 0 Å². The molecular weight excluding hydrogens is 256 g/mol. The van der Waals surface area contributed by atoms with Gasteiger partial charge in [-0.2, -0.15) is 11.8 Å². The molecule has 19 heavy (non-hydrogen) atoms. The highest BCUT2D eigenvalue weighted by Crippen LogP contribution is 2.27. The van der Waals surface area contributed by atoms with E-state index < -0.39 is 0 Å². The van der Waals surface area contributed by atoms with E-state index in [1.54, 1.807) is 7.11 Å². The monoisotopic (exact) mass is 280 g/mol. The zero-order valence-corrected chi connectivity index (χ0v) is 12.7. The van der Waals surface area contributed by atoms with Crippen LogP contribution in [0, 0.1) is 0 Å². The maximum absolute atomic E-state index is 5.41. The molecule has 1 aromatic carbocycles. The molecule has 1 fully saturated rings. The average Bonchev–Trinajstić information content (AvgIpc) is 2.48. The largest absolute Gasteiger partial charge is 0.495 e. The number of ether oxygens (including phenoxy) is 1. The summed E-state index contributed by atoms with van der Waals surface area (Å²) in [7, 11) is 3.87. The van der Waals surface area contributed by atoms with Crippen LogP contribution in [0.25, 0.3) is 0 Å². The van der Waals surface area contributed by atoms with Crippen LogP contribution in [0.4, 0.5) is 5.69 Å². The minimum absolute atomic E-state index is 0.840. The number of benzene rings is 1. The van der Waals surface area contributed by atoms with Crippen LogP contribution in [0.15, 0.2) is 24.3 Å². The topological polar surface area (TPSA) is 24.5 Å². The molecule has 2 rings (SSSR count). The lowest BCUT2D eigenvalue weighted by Crippen LogP contribution is -2.30. The van der Waals surface area contributed by atoms with E-state index in [1.165, 1.54) is 37.4 Å². The number of rotatable bonds is 6. The molecule has 0 unspecified atom stereocenters. The van der Waals surface area contributed by atoms with Gasteiger partial charge < -0.3 is 15.0 Å². The summed E-state index contributed by atoms with van der Waals surface area (Å²) in [5.41, 5.74) is 1.18. The number of nitrogens with one attached hydrogen (secondary N) is 1. The molecule has 1 heterocycles. The molecule has 4 heteroatoms. The SMILES string of the molecule is COc1ccccc1N(C)CCSC1CCNCC1. The number of thioether (sulfide) groups is 1. The molecule has 106 valence electrons. The Balaban J connectivity index is 1.78. The number of hydrogen-bond acceptors (Lipinski definition) is 4. The number of anilines is 1. The highest BCUT2D eigenvalue weighted by Gasteiger charge is 2.13. The molecule has 0 atom stereocenters. The van der Waals surface area contributed by atoms with Crippen molar-refractivity contribution in [2.24, 2.45) is 0 Å². The Kier molecular flexibility index (Phi) is 5.86. The standard InChI is InChI=1S/C15H24N2OS/c1-17(14-5-3-4-6-15(14)18-2)11-12-19-13-7-9-16-10-8-13/h3-6,13,16H,7-12H2,1-2H3. The quantitative estimate of drug-likeness (QED) is 0.866. The van der Waals surface area contributed by atoms with Crippen molar-refractivity contribution < 1.29 is 4.74 Å². The molecule has 3 nitrogen and oxygen atoms in total. The Bertz CT molecular complexity index is 380. The number of para-hydroxylation sites is 2. The lowest BCUT2D eigenvalue weighted by molar-refractivity contribution is 0.415. The molecule has 1 aliphatic rings. The summed E-state index contributed by atoms with van der Waals surface area (Å²) in [5, 5.41) is 4.25. The van der Waals surface area contributed by atoms with Crippen molar-refractivity contribution in [3.63, 3.8) is 0 Å². The fourth-order valence-electron chi connectivity index (χ4n) is 2.38. The highest BCUT2D eigenvalue weighted by molar-refractivity contribution is 7.99. The second-order valence-electron chi connectivity index (χ2n) is 4.91. The number of hydrogen-bond donors (Lipinski definition) is 1. The molecule has 0 amide bonds. The smallest absolute Gasteiger partial charge is 0.142 e. The number of methoxy groups -OCH3 is 1. The van der Waals surface area contributed by atoms with Gasteiger partial charge in [0.25, 0.3) is 0 Å².